The summed E-state index contributed by atoms with van der Waals surface area (Å²) >= 11 is 0. The molecule has 0 aliphatic carbocycles. The van der Waals surface area contributed by atoms with E-state index in [4.69, 9.17) is 0 Å². The fourth-order valence-corrected chi connectivity index (χ4v) is 3.08. The van der Waals surface area contributed by atoms with Gasteiger partial charge in [0.25, 0.3) is 0 Å². The van der Waals surface area contributed by atoms with Crippen molar-refractivity contribution in [3.63, 3.8) is 0 Å². The van der Waals surface area contributed by atoms with E-state index in [1.807, 2.05) is 0 Å². The van der Waals surface area contributed by atoms with Gasteiger partial charge in [0, 0.05) is 0 Å². The van der Waals surface area contributed by atoms with Crippen molar-refractivity contribution in [2.75, 3.05) is 0 Å². The molecule has 0 spiro atoms. The lowest BCUT2D eigenvalue weighted by atomic mass is 9.97. The third-order valence-corrected chi connectivity index (χ3v) is 4.39. The van der Waals surface area contributed by atoms with Crippen LogP contribution in [-0.2, 0) is 11.2 Å². The number of carbonyl (C=O) groups is 1. The first-order valence-electron chi connectivity index (χ1n) is 8.33. The summed E-state index contributed by atoms with van der Waals surface area (Å²) in [6.07, 6.45) is 1.33. The summed E-state index contributed by atoms with van der Waals surface area (Å²) in [5, 5.41) is 3.19. The van der Waals surface area contributed by atoms with Crippen molar-refractivity contribution in [1.29, 1.82) is 0 Å². The Morgan fingerprint density at radius 2 is 1.57 bits per heavy atom. The molecule has 122 valence electrons. The van der Waals surface area contributed by atoms with E-state index >= 15 is 0 Å². The van der Waals surface area contributed by atoms with Crippen LogP contribution in [0, 0.1) is 27.7 Å². The predicted octanol–water partition coefficient (Wildman–Crippen LogP) is 4.73. The van der Waals surface area contributed by atoms with E-state index < -0.39 is 0 Å². The molecule has 1 atom stereocenters. The molecule has 0 fully saturated rings. The van der Waals surface area contributed by atoms with Crippen molar-refractivity contribution in [2.24, 2.45) is 0 Å². The van der Waals surface area contributed by atoms with Gasteiger partial charge in [-0.25, -0.2) is 0 Å². The number of carbonyl (C=O) groups excluding carboxylic acids is 1. The highest BCUT2D eigenvalue weighted by Crippen LogP contribution is 2.22. The van der Waals surface area contributed by atoms with Crippen LogP contribution in [0.15, 0.2) is 36.4 Å². The topological polar surface area (TPSA) is 29.1 Å². The lowest BCUT2D eigenvalue weighted by molar-refractivity contribution is -0.121. The Labute approximate surface area is 139 Å². The summed E-state index contributed by atoms with van der Waals surface area (Å²) in [7, 11) is 0. The number of amides is 1. The van der Waals surface area contributed by atoms with Gasteiger partial charge in [-0.1, -0.05) is 54.4 Å². The second-order valence-corrected chi connectivity index (χ2v) is 6.50. The van der Waals surface area contributed by atoms with Gasteiger partial charge in [-0.05, 0) is 56.4 Å². The molecule has 0 aliphatic rings. The molecule has 0 saturated carbocycles. The van der Waals surface area contributed by atoms with E-state index in [-0.39, 0.29) is 11.9 Å². The van der Waals surface area contributed by atoms with Crippen molar-refractivity contribution >= 4 is 5.91 Å². The second-order valence-electron chi connectivity index (χ2n) is 6.50. The van der Waals surface area contributed by atoms with Gasteiger partial charge in [-0.3, -0.25) is 4.79 Å². The molecule has 2 aromatic rings. The number of hydrogen-bond acceptors (Lipinski definition) is 1. The van der Waals surface area contributed by atoms with E-state index in [0.29, 0.717) is 6.42 Å². The lowest BCUT2D eigenvalue weighted by Gasteiger charge is -2.20. The predicted molar refractivity (Wildman–Crippen MR) is 96.7 cm³/mol. The van der Waals surface area contributed by atoms with Crippen LogP contribution < -0.4 is 5.32 Å². The Kier molecular flexibility index (Phi) is 5.59. The summed E-state index contributed by atoms with van der Waals surface area (Å²) in [6.45, 7) is 10.5. The molecule has 1 amide bonds. The molecular weight excluding hydrogens is 282 g/mol. The summed E-state index contributed by atoms with van der Waals surface area (Å²) in [6, 6.07) is 12.8. The summed E-state index contributed by atoms with van der Waals surface area (Å²) in [4.78, 5) is 12.5. The Bertz CT molecular complexity index is 703. The Morgan fingerprint density at radius 3 is 2.13 bits per heavy atom. The summed E-state index contributed by atoms with van der Waals surface area (Å²) in [5.41, 5.74) is 7.22. The maximum atomic E-state index is 12.5. The number of aryl methyl sites for hydroxylation is 4. The SMILES string of the molecule is CCC(NC(=O)Cc1ccc(C)cc1C)c1ccc(C)cc1C. The van der Waals surface area contributed by atoms with Gasteiger partial charge in [-0.15, -0.1) is 0 Å². The standard InChI is InChI=1S/C21H27NO/c1-6-20(19-10-8-15(3)12-17(19)5)22-21(23)13-18-9-7-14(2)11-16(18)4/h7-12,20H,6,13H2,1-5H3,(H,22,23). The highest BCUT2D eigenvalue weighted by atomic mass is 16.1. The first-order valence-corrected chi connectivity index (χ1v) is 8.33. The zero-order chi connectivity index (χ0) is 17.0. The lowest BCUT2D eigenvalue weighted by Crippen LogP contribution is -2.30. The van der Waals surface area contributed by atoms with Crippen molar-refractivity contribution < 1.29 is 4.79 Å². The molecule has 0 aromatic heterocycles. The van der Waals surface area contributed by atoms with Gasteiger partial charge in [0.1, 0.15) is 0 Å². The monoisotopic (exact) mass is 309 g/mol. The normalized spacial score (nSPS) is 12.0. The fraction of sp³-hybridized carbons (Fsp3) is 0.381. The van der Waals surface area contributed by atoms with E-state index in [1.54, 1.807) is 0 Å². The van der Waals surface area contributed by atoms with Crippen LogP contribution >= 0.6 is 0 Å². The van der Waals surface area contributed by atoms with Crippen molar-refractivity contribution in [2.45, 2.75) is 53.5 Å². The zero-order valence-electron chi connectivity index (χ0n) is 14.9. The summed E-state index contributed by atoms with van der Waals surface area (Å²) < 4.78 is 0. The number of rotatable bonds is 5. The molecule has 0 bridgehead atoms. The summed E-state index contributed by atoms with van der Waals surface area (Å²) in [5.74, 6) is 0.0868. The van der Waals surface area contributed by atoms with E-state index in [1.165, 1.54) is 27.8 Å². The molecule has 23 heavy (non-hydrogen) atoms. The largest absolute Gasteiger partial charge is 0.349 e. The highest BCUT2D eigenvalue weighted by molar-refractivity contribution is 5.79. The molecule has 1 unspecified atom stereocenters. The molecule has 0 aliphatic heterocycles. The van der Waals surface area contributed by atoms with Gasteiger partial charge < -0.3 is 5.32 Å². The third-order valence-electron chi connectivity index (χ3n) is 4.39. The van der Waals surface area contributed by atoms with Gasteiger partial charge in [0.05, 0.1) is 12.5 Å². The Morgan fingerprint density at radius 1 is 0.957 bits per heavy atom. The van der Waals surface area contributed by atoms with Crippen LogP contribution in [0.2, 0.25) is 0 Å². The van der Waals surface area contributed by atoms with Gasteiger partial charge in [-0.2, -0.15) is 0 Å². The maximum absolute atomic E-state index is 12.5. The molecule has 2 aromatic carbocycles. The third kappa shape index (κ3) is 4.44. The Balaban J connectivity index is 2.10. The average Bonchev–Trinajstić information content (AvgIpc) is 2.48. The number of nitrogens with one attached hydrogen (secondary N) is 1. The first-order chi connectivity index (χ1) is 10.9. The molecule has 0 saturated heterocycles. The molecule has 0 radical (unpaired) electrons. The molecule has 0 heterocycles. The van der Waals surface area contributed by atoms with Crippen LogP contribution in [0.3, 0.4) is 0 Å². The molecular formula is C21H27NO. The van der Waals surface area contributed by atoms with Crippen molar-refractivity contribution in [1.82, 2.24) is 5.32 Å². The van der Waals surface area contributed by atoms with Crippen LogP contribution in [-0.4, -0.2) is 5.91 Å². The fourth-order valence-electron chi connectivity index (χ4n) is 3.08. The molecule has 2 rings (SSSR count). The van der Waals surface area contributed by atoms with E-state index in [0.717, 1.165) is 12.0 Å². The number of benzene rings is 2. The van der Waals surface area contributed by atoms with Crippen LogP contribution in [0.25, 0.3) is 0 Å². The first kappa shape index (κ1) is 17.3. The molecule has 1 N–H and O–H groups in total. The zero-order valence-corrected chi connectivity index (χ0v) is 14.9. The Hall–Kier alpha value is -2.09. The van der Waals surface area contributed by atoms with Gasteiger partial charge >= 0.3 is 0 Å². The van der Waals surface area contributed by atoms with Crippen molar-refractivity contribution in [3.05, 3.63) is 69.8 Å². The van der Waals surface area contributed by atoms with Gasteiger partial charge in [0.2, 0.25) is 5.91 Å². The van der Waals surface area contributed by atoms with E-state index in [2.05, 4.69) is 76.3 Å². The number of hydrogen-bond donors (Lipinski definition) is 1. The quantitative estimate of drug-likeness (QED) is 0.850. The van der Waals surface area contributed by atoms with Crippen LogP contribution in [0.1, 0.15) is 52.8 Å². The van der Waals surface area contributed by atoms with Crippen LogP contribution in [0.5, 0.6) is 0 Å². The minimum absolute atomic E-state index is 0.0776. The smallest absolute Gasteiger partial charge is 0.224 e. The second kappa shape index (κ2) is 7.45. The highest BCUT2D eigenvalue weighted by Gasteiger charge is 2.15. The maximum Gasteiger partial charge on any atom is 0.224 e. The molecule has 2 heteroatoms. The average molecular weight is 309 g/mol. The van der Waals surface area contributed by atoms with Crippen molar-refractivity contribution in [3.8, 4) is 0 Å². The minimum atomic E-state index is 0.0776. The van der Waals surface area contributed by atoms with Gasteiger partial charge in [0.15, 0.2) is 0 Å². The molecule has 2 nitrogen and oxygen atoms in total. The van der Waals surface area contributed by atoms with E-state index in [9.17, 15) is 4.79 Å². The minimum Gasteiger partial charge on any atom is -0.349 e. The van der Waals surface area contributed by atoms with Crippen LogP contribution in [0.4, 0.5) is 0 Å².